The molecule has 2 N–H and O–H groups in total. The van der Waals surface area contributed by atoms with Crippen LogP contribution in [0.25, 0.3) is 0 Å². The molecule has 3 nitrogen and oxygen atoms in total. The Morgan fingerprint density at radius 1 is 1.28 bits per heavy atom. The predicted molar refractivity (Wildman–Crippen MR) is 72.6 cm³/mol. The molecule has 0 saturated heterocycles. The average molecular weight is 262 g/mol. The number of nitrogens with one attached hydrogen (secondary N) is 2. The number of hydrogen-bond donors (Lipinski definition) is 2. The normalized spacial score (nSPS) is 22.7. The third-order valence-corrected chi connectivity index (χ3v) is 3.87. The number of imidazole rings is 1. The molecule has 4 heteroatoms. The predicted octanol–water partition coefficient (Wildman–Crippen LogP) is 3.10. The number of hydrogen-bond acceptors (Lipinski definition) is 2. The second kappa shape index (κ2) is 5.12. The van der Waals surface area contributed by atoms with E-state index in [1.54, 1.807) is 6.33 Å². The Morgan fingerprint density at radius 3 is 2.72 bits per heavy atom. The molecule has 1 aliphatic carbocycles. The first-order valence-corrected chi connectivity index (χ1v) is 6.65. The standard InChI is InChI=1S/C14H16ClN3/c15-12-3-1-10(2-4-12)11-5-13(6-11)17-8-14-7-16-9-18-14/h1-4,7,9,11,13,17H,5-6,8H2,(H,16,18). The number of nitrogens with zero attached hydrogens (tertiary/aromatic N) is 1. The first-order chi connectivity index (χ1) is 8.81. The summed E-state index contributed by atoms with van der Waals surface area (Å²) in [4.78, 5) is 7.11. The Hall–Kier alpha value is -1.32. The smallest absolute Gasteiger partial charge is 0.0922 e. The lowest BCUT2D eigenvalue weighted by Gasteiger charge is -2.36. The van der Waals surface area contributed by atoms with Crippen LogP contribution in [0.4, 0.5) is 0 Å². The number of benzene rings is 1. The molecular weight excluding hydrogens is 246 g/mol. The van der Waals surface area contributed by atoms with E-state index in [2.05, 4.69) is 27.4 Å². The fourth-order valence-corrected chi connectivity index (χ4v) is 2.55. The van der Waals surface area contributed by atoms with Crippen molar-refractivity contribution in [3.05, 3.63) is 53.1 Å². The van der Waals surface area contributed by atoms with Gasteiger partial charge in [0, 0.05) is 29.5 Å². The van der Waals surface area contributed by atoms with Gasteiger partial charge in [-0.15, -0.1) is 0 Å². The summed E-state index contributed by atoms with van der Waals surface area (Å²) in [5.74, 6) is 0.682. The lowest BCUT2D eigenvalue weighted by Crippen LogP contribution is -2.39. The van der Waals surface area contributed by atoms with Crippen molar-refractivity contribution in [3.8, 4) is 0 Å². The van der Waals surface area contributed by atoms with Crippen LogP contribution in [-0.2, 0) is 6.54 Å². The summed E-state index contributed by atoms with van der Waals surface area (Å²) in [5, 5.41) is 4.35. The lowest BCUT2D eigenvalue weighted by molar-refractivity contribution is 0.289. The summed E-state index contributed by atoms with van der Waals surface area (Å²) in [5.41, 5.74) is 2.55. The van der Waals surface area contributed by atoms with Gasteiger partial charge in [0.15, 0.2) is 0 Å². The molecule has 94 valence electrons. The molecule has 18 heavy (non-hydrogen) atoms. The molecule has 0 aliphatic heterocycles. The summed E-state index contributed by atoms with van der Waals surface area (Å²) in [7, 11) is 0. The molecule has 0 unspecified atom stereocenters. The van der Waals surface area contributed by atoms with Gasteiger partial charge in [0.2, 0.25) is 0 Å². The molecule has 0 spiro atoms. The SMILES string of the molecule is Clc1ccc(C2CC(NCc3cnc[nH]3)C2)cc1. The largest absolute Gasteiger partial charge is 0.347 e. The van der Waals surface area contributed by atoms with Gasteiger partial charge in [0.25, 0.3) is 0 Å². The van der Waals surface area contributed by atoms with E-state index >= 15 is 0 Å². The molecule has 2 aromatic rings. The zero-order valence-electron chi connectivity index (χ0n) is 10.1. The number of H-pyrrole nitrogens is 1. The highest BCUT2D eigenvalue weighted by atomic mass is 35.5. The van der Waals surface area contributed by atoms with Crippen molar-refractivity contribution in [1.82, 2.24) is 15.3 Å². The van der Waals surface area contributed by atoms with Crippen LogP contribution in [0.3, 0.4) is 0 Å². The highest BCUT2D eigenvalue weighted by molar-refractivity contribution is 6.30. The average Bonchev–Trinajstić information content (AvgIpc) is 2.82. The number of halogens is 1. The Kier molecular flexibility index (Phi) is 3.35. The minimum Gasteiger partial charge on any atom is -0.347 e. The number of aromatic nitrogens is 2. The summed E-state index contributed by atoms with van der Waals surface area (Å²) >= 11 is 5.89. The first kappa shape index (κ1) is 11.8. The Morgan fingerprint density at radius 2 is 2.06 bits per heavy atom. The van der Waals surface area contributed by atoms with Gasteiger partial charge in [-0.1, -0.05) is 23.7 Å². The highest BCUT2D eigenvalue weighted by Crippen LogP contribution is 2.37. The van der Waals surface area contributed by atoms with E-state index in [1.165, 1.54) is 18.4 Å². The fraction of sp³-hybridized carbons (Fsp3) is 0.357. The number of aromatic amines is 1. The maximum Gasteiger partial charge on any atom is 0.0922 e. The molecule has 1 aromatic heterocycles. The van der Waals surface area contributed by atoms with E-state index in [0.29, 0.717) is 12.0 Å². The molecule has 1 heterocycles. The highest BCUT2D eigenvalue weighted by Gasteiger charge is 2.29. The third-order valence-electron chi connectivity index (χ3n) is 3.62. The van der Waals surface area contributed by atoms with Crippen molar-refractivity contribution < 1.29 is 0 Å². The Bertz CT molecular complexity index is 486. The van der Waals surface area contributed by atoms with Gasteiger partial charge in [-0.05, 0) is 36.5 Å². The first-order valence-electron chi connectivity index (χ1n) is 6.27. The second-order valence-corrected chi connectivity index (χ2v) is 5.31. The molecule has 0 amide bonds. The molecule has 0 bridgehead atoms. The molecule has 1 aromatic carbocycles. The summed E-state index contributed by atoms with van der Waals surface area (Å²) in [6.45, 7) is 0.873. The van der Waals surface area contributed by atoms with Crippen LogP contribution in [0.2, 0.25) is 5.02 Å². The molecule has 1 saturated carbocycles. The van der Waals surface area contributed by atoms with Crippen molar-refractivity contribution in [3.63, 3.8) is 0 Å². The minimum absolute atomic E-state index is 0.619. The van der Waals surface area contributed by atoms with Crippen LogP contribution in [0.15, 0.2) is 36.8 Å². The Balaban J connectivity index is 1.47. The van der Waals surface area contributed by atoms with E-state index in [-0.39, 0.29) is 0 Å². The van der Waals surface area contributed by atoms with Crippen molar-refractivity contribution in [1.29, 1.82) is 0 Å². The second-order valence-electron chi connectivity index (χ2n) is 4.87. The molecule has 1 fully saturated rings. The van der Waals surface area contributed by atoms with E-state index in [0.717, 1.165) is 17.3 Å². The van der Waals surface area contributed by atoms with E-state index in [1.807, 2.05) is 18.3 Å². The molecular formula is C14H16ClN3. The summed E-state index contributed by atoms with van der Waals surface area (Å²) in [6.07, 6.45) is 5.99. The van der Waals surface area contributed by atoms with Gasteiger partial charge in [-0.2, -0.15) is 0 Å². The zero-order chi connectivity index (χ0) is 12.4. The summed E-state index contributed by atoms with van der Waals surface area (Å²) in [6, 6.07) is 8.84. The third kappa shape index (κ3) is 2.57. The van der Waals surface area contributed by atoms with Gasteiger partial charge in [-0.25, -0.2) is 4.98 Å². The van der Waals surface area contributed by atoms with Gasteiger partial charge in [0.1, 0.15) is 0 Å². The van der Waals surface area contributed by atoms with E-state index < -0.39 is 0 Å². The monoisotopic (exact) mass is 261 g/mol. The van der Waals surface area contributed by atoms with Crippen LogP contribution in [0.1, 0.15) is 30.0 Å². The van der Waals surface area contributed by atoms with Crippen LogP contribution >= 0.6 is 11.6 Å². The van der Waals surface area contributed by atoms with Gasteiger partial charge in [-0.3, -0.25) is 0 Å². The minimum atomic E-state index is 0.619. The maximum absolute atomic E-state index is 5.89. The van der Waals surface area contributed by atoms with Crippen LogP contribution in [0.5, 0.6) is 0 Å². The quantitative estimate of drug-likeness (QED) is 0.888. The van der Waals surface area contributed by atoms with Crippen molar-refractivity contribution >= 4 is 11.6 Å². The lowest BCUT2D eigenvalue weighted by atomic mass is 9.76. The van der Waals surface area contributed by atoms with E-state index in [4.69, 9.17) is 11.6 Å². The zero-order valence-corrected chi connectivity index (χ0v) is 10.8. The van der Waals surface area contributed by atoms with Crippen LogP contribution in [-0.4, -0.2) is 16.0 Å². The van der Waals surface area contributed by atoms with Crippen molar-refractivity contribution in [2.45, 2.75) is 31.3 Å². The van der Waals surface area contributed by atoms with Crippen molar-refractivity contribution in [2.24, 2.45) is 0 Å². The van der Waals surface area contributed by atoms with Gasteiger partial charge in [0.05, 0.1) is 6.33 Å². The molecule has 0 radical (unpaired) electrons. The van der Waals surface area contributed by atoms with Crippen molar-refractivity contribution in [2.75, 3.05) is 0 Å². The Labute approximate surface area is 112 Å². The topological polar surface area (TPSA) is 40.7 Å². The van der Waals surface area contributed by atoms with Crippen LogP contribution < -0.4 is 5.32 Å². The van der Waals surface area contributed by atoms with Gasteiger partial charge >= 0.3 is 0 Å². The van der Waals surface area contributed by atoms with Crippen LogP contribution in [0, 0.1) is 0 Å². The molecule has 1 aliphatic rings. The molecule has 0 atom stereocenters. The summed E-state index contributed by atoms with van der Waals surface area (Å²) < 4.78 is 0. The fourth-order valence-electron chi connectivity index (χ4n) is 2.43. The maximum atomic E-state index is 5.89. The van der Waals surface area contributed by atoms with E-state index in [9.17, 15) is 0 Å². The number of rotatable bonds is 4. The van der Waals surface area contributed by atoms with Gasteiger partial charge < -0.3 is 10.3 Å². The molecule has 3 rings (SSSR count).